The molecular formula is C11H13ClN4O2S. The van der Waals surface area contributed by atoms with Crippen LogP contribution >= 0.6 is 11.6 Å². The quantitative estimate of drug-likeness (QED) is 0.871. The molecule has 8 heteroatoms. The molecule has 0 bridgehead atoms. The van der Waals surface area contributed by atoms with Crippen LogP contribution in [-0.4, -0.2) is 24.7 Å². The van der Waals surface area contributed by atoms with Gasteiger partial charge < -0.3 is 5.73 Å². The summed E-state index contributed by atoms with van der Waals surface area (Å²) in [6.45, 7) is 0.848. The summed E-state index contributed by atoms with van der Waals surface area (Å²) < 4.78 is 28.1. The van der Waals surface area contributed by atoms with Crippen LogP contribution in [-0.2, 0) is 16.6 Å². The van der Waals surface area contributed by atoms with Crippen molar-refractivity contribution in [3.8, 4) is 0 Å². The van der Waals surface area contributed by atoms with Crippen molar-refractivity contribution in [1.29, 1.82) is 0 Å². The van der Waals surface area contributed by atoms with Crippen molar-refractivity contribution in [2.24, 2.45) is 5.73 Å². The molecule has 0 aliphatic rings. The number of rotatable bonds is 5. The van der Waals surface area contributed by atoms with Crippen LogP contribution in [0.1, 0.15) is 0 Å². The number of hydrogen-bond donors (Lipinski definition) is 2. The Morgan fingerprint density at radius 1 is 1.37 bits per heavy atom. The molecule has 102 valence electrons. The third-order valence-electron chi connectivity index (χ3n) is 2.40. The first-order valence-corrected chi connectivity index (χ1v) is 7.39. The van der Waals surface area contributed by atoms with E-state index in [1.54, 1.807) is 24.3 Å². The van der Waals surface area contributed by atoms with Gasteiger partial charge in [-0.2, -0.15) is 5.10 Å². The first-order chi connectivity index (χ1) is 9.03. The van der Waals surface area contributed by atoms with E-state index < -0.39 is 10.0 Å². The maximum absolute atomic E-state index is 12.1. The van der Waals surface area contributed by atoms with Crippen molar-refractivity contribution in [2.45, 2.75) is 11.4 Å². The van der Waals surface area contributed by atoms with Gasteiger partial charge in [-0.25, -0.2) is 8.42 Å². The summed E-state index contributed by atoms with van der Waals surface area (Å²) in [7, 11) is -3.69. The number of benzene rings is 1. The lowest BCUT2D eigenvalue weighted by Gasteiger charge is -2.07. The predicted molar refractivity (Wildman–Crippen MR) is 73.5 cm³/mol. The van der Waals surface area contributed by atoms with Gasteiger partial charge >= 0.3 is 0 Å². The molecule has 19 heavy (non-hydrogen) atoms. The largest absolute Gasteiger partial charge is 0.329 e. The maximum Gasteiger partial charge on any atom is 0.265 e. The van der Waals surface area contributed by atoms with E-state index in [0.717, 1.165) is 0 Å². The lowest BCUT2D eigenvalue weighted by atomic mass is 10.3. The number of para-hydroxylation sites is 1. The van der Waals surface area contributed by atoms with Crippen molar-refractivity contribution >= 4 is 27.3 Å². The van der Waals surface area contributed by atoms with E-state index in [2.05, 4.69) is 9.82 Å². The second-order valence-electron chi connectivity index (χ2n) is 3.81. The second-order valence-corrected chi connectivity index (χ2v) is 5.90. The number of nitrogens with zero attached hydrogens (tertiary/aromatic N) is 2. The molecule has 0 unspecified atom stereocenters. The van der Waals surface area contributed by atoms with Gasteiger partial charge in [0.1, 0.15) is 4.90 Å². The third kappa shape index (κ3) is 3.25. The third-order valence-corrected chi connectivity index (χ3v) is 4.05. The molecule has 3 N–H and O–H groups in total. The van der Waals surface area contributed by atoms with E-state index in [1.165, 1.54) is 17.1 Å². The lowest BCUT2D eigenvalue weighted by Crippen LogP contribution is -2.13. The van der Waals surface area contributed by atoms with Crippen LogP contribution in [0.5, 0.6) is 0 Å². The van der Waals surface area contributed by atoms with E-state index >= 15 is 0 Å². The Labute approximate surface area is 116 Å². The molecule has 0 fully saturated rings. The molecule has 0 aliphatic heterocycles. The Balaban J connectivity index is 2.25. The summed E-state index contributed by atoms with van der Waals surface area (Å²) in [6.07, 6.45) is 2.70. The van der Waals surface area contributed by atoms with Crippen molar-refractivity contribution in [1.82, 2.24) is 9.78 Å². The van der Waals surface area contributed by atoms with Crippen LogP contribution in [0.2, 0.25) is 5.02 Å². The van der Waals surface area contributed by atoms with Gasteiger partial charge in [-0.3, -0.25) is 9.40 Å². The Morgan fingerprint density at radius 3 is 2.79 bits per heavy atom. The van der Waals surface area contributed by atoms with E-state index in [4.69, 9.17) is 17.3 Å². The Morgan fingerprint density at radius 2 is 2.11 bits per heavy atom. The van der Waals surface area contributed by atoms with Crippen LogP contribution in [0.25, 0.3) is 0 Å². The van der Waals surface area contributed by atoms with Crippen molar-refractivity contribution in [3.63, 3.8) is 0 Å². The summed E-state index contributed by atoms with van der Waals surface area (Å²) in [5.41, 5.74) is 5.71. The Kier molecular flexibility index (Phi) is 4.08. The van der Waals surface area contributed by atoms with Gasteiger partial charge in [0.2, 0.25) is 0 Å². The monoisotopic (exact) mass is 300 g/mol. The molecule has 6 nitrogen and oxygen atoms in total. The van der Waals surface area contributed by atoms with Crippen molar-refractivity contribution in [2.75, 3.05) is 11.3 Å². The molecule has 0 aliphatic carbocycles. The van der Waals surface area contributed by atoms with E-state index in [-0.39, 0.29) is 4.90 Å². The number of sulfonamides is 1. The standard InChI is InChI=1S/C11H13ClN4O2S/c12-10-3-1-2-4-11(10)15-19(17,18)9-7-14-16(8-9)6-5-13/h1-4,7-8,15H,5-6,13H2. The van der Waals surface area contributed by atoms with Crippen LogP contribution in [0.3, 0.4) is 0 Å². The minimum Gasteiger partial charge on any atom is -0.329 e. The highest BCUT2D eigenvalue weighted by molar-refractivity contribution is 7.92. The molecule has 1 aromatic carbocycles. The molecule has 0 amide bonds. The normalized spacial score (nSPS) is 11.5. The van der Waals surface area contributed by atoms with Gasteiger partial charge in [0.15, 0.2) is 0 Å². The molecule has 0 atom stereocenters. The first-order valence-electron chi connectivity index (χ1n) is 5.53. The SMILES string of the molecule is NCCn1cc(S(=O)(=O)Nc2ccccc2Cl)cn1. The zero-order valence-corrected chi connectivity index (χ0v) is 11.5. The minimum absolute atomic E-state index is 0.0702. The number of anilines is 1. The van der Waals surface area contributed by atoms with E-state index in [9.17, 15) is 8.42 Å². The maximum atomic E-state index is 12.1. The summed E-state index contributed by atoms with van der Waals surface area (Å²) in [4.78, 5) is 0.0702. The summed E-state index contributed by atoms with van der Waals surface area (Å²) >= 11 is 5.91. The molecule has 1 aromatic heterocycles. The Hall–Kier alpha value is -1.57. The molecule has 0 radical (unpaired) electrons. The highest BCUT2D eigenvalue weighted by atomic mass is 35.5. The van der Waals surface area contributed by atoms with Gasteiger partial charge in [0.25, 0.3) is 10.0 Å². The van der Waals surface area contributed by atoms with Crippen molar-refractivity contribution < 1.29 is 8.42 Å². The molecule has 2 aromatic rings. The molecular weight excluding hydrogens is 288 g/mol. The van der Waals surface area contributed by atoms with Crippen molar-refractivity contribution in [3.05, 3.63) is 41.7 Å². The molecule has 2 rings (SSSR count). The van der Waals surface area contributed by atoms with Crippen LogP contribution in [0, 0.1) is 0 Å². The topological polar surface area (TPSA) is 90.0 Å². The fraction of sp³-hybridized carbons (Fsp3) is 0.182. The summed E-state index contributed by atoms with van der Waals surface area (Å²) in [6, 6.07) is 6.61. The summed E-state index contributed by atoms with van der Waals surface area (Å²) in [5.74, 6) is 0. The average molecular weight is 301 g/mol. The van der Waals surface area contributed by atoms with Crippen LogP contribution < -0.4 is 10.5 Å². The zero-order chi connectivity index (χ0) is 13.9. The molecule has 0 spiro atoms. The highest BCUT2D eigenvalue weighted by Crippen LogP contribution is 2.23. The van der Waals surface area contributed by atoms with Gasteiger partial charge in [-0.15, -0.1) is 0 Å². The molecule has 1 heterocycles. The van der Waals surface area contributed by atoms with Crippen LogP contribution in [0.4, 0.5) is 5.69 Å². The number of nitrogens with two attached hydrogens (primary N) is 1. The smallest absolute Gasteiger partial charge is 0.265 e. The fourth-order valence-electron chi connectivity index (χ4n) is 1.49. The number of nitrogens with one attached hydrogen (secondary N) is 1. The lowest BCUT2D eigenvalue weighted by molar-refractivity contribution is 0.599. The number of hydrogen-bond acceptors (Lipinski definition) is 4. The predicted octanol–water partition coefficient (Wildman–Crippen LogP) is 1.30. The highest BCUT2D eigenvalue weighted by Gasteiger charge is 2.17. The Bertz CT molecular complexity index is 669. The van der Waals surface area contributed by atoms with E-state index in [1.807, 2.05) is 0 Å². The first kappa shape index (κ1) is 13.9. The van der Waals surface area contributed by atoms with Gasteiger partial charge in [-0.05, 0) is 12.1 Å². The molecule has 0 saturated carbocycles. The van der Waals surface area contributed by atoms with Gasteiger partial charge in [-0.1, -0.05) is 23.7 Å². The van der Waals surface area contributed by atoms with Crippen LogP contribution in [0.15, 0.2) is 41.6 Å². The molecule has 0 saturated heterocycles. The average Bonchev–Trinajstić information content (AvgIpc) is 2.82. The number of aromatic nitrogens is 2. The fourth-order valence-corrected chi connectivity index (χ4v) is 2.76. The van der Waals surface area contributed by atoms with Gasteiger partial charge in [0.05, 0.1) is 23.5 Å². The second kappa shape index (κ2) is 5.60. The number of halogens is 1. The van der Waals surface area contributed by atoms with E-state index in [0.29, 0.717) is 23.8 Å². The van der Waals surface area contributed by atoms with Gasteiger partial charge in [0, 0.05) is 12.7 Å². The summed E-state index contributed by atoms with van der Waals surface area (Å²) in [5, 5.41) is 4.25. The minimum atomic E-state index is -3.69. The zero-order valence-electron chi connectivity index (χ0n) is 9.95.